The van der Waals surface area contributed by atoms with E-state index in [0.717, 1.165) is 25.0 Å². The summed E-state index contributed by atoms with van der Waals surface area (Å²) < 4.78 is 67.5. The number of nitrogens with one attached hydrogen (secondary N) is 1. The van der Waals surface area contributed by atoms with E-state index >= 15 is 0 Å². The molecule has 7 rings (SSSR count). The number of pyridine rings is 2. The van der Waals surface area contributed by atoms with Crippen LogP contribution in [0.2, 0.25) is 5.02 Å². The third-order valence-corrected chi connectivity index (χ3v) is 8.37. The van der Waals surface area contributed by atoms with Crippen LogP contribution in [0.4, 0.5) is 23.5 Å². The Balaban J connectivity index is 1.43. The van der Waals surface area contributed by atoms with E-state index in [4.69, 9.17) is 30.8 Å². The van der Waals surface area contributed by atoms with Crippen LogP contribution in [0.1, 0.15) is 24.0 Å². The molecule has 2 atom stereocenters. The summed E-state index contributed by atoms with van der Waals surface area (Å²) in [5, 5.41) is 4.10. The number of H-pyrrole nitrogens is 1. The lowest BCUT2D eigenvalue weighted by Gasteiger charge is -2.35. The summed E-state index contributed by atoms with van der Waals surface area (Å²) in [4.78, 5) is 30.3. The van der Waals surface area contributed by atoms with Gasteiger partial charge in [0.25, 0.3) is 0 Å². The lowest BCUT2D eigenvalue weighted by molar-refractivity contribution is -0.140. The number of aromatic nitrogens is 6. The molecule has 0 radical (unpaired) electrons. The Morgan fingerprint density at radius 3 is 2.76 bits per heavy atom. The largest absolute Gasteiger partial charge is 0.439 e. The Labute approximate surface area is 257 Å². The lowest BCUT2D eigenvalue weighted by atomic mass is 10.1. The van der Waals surface area contributed by atoms with Crippen molar-refractivity contribution in [3.05, 3.63) is 87.9 Å². The molecular formula is C30H24ClF4N7O3. The van der Waals surface area contributed by atoms with Crippen LogP contribution < -0.4 is 10.7 Å². The van der Waals surface area contributed by atoms with Crippen molar-refractivity contribution in [3.8, 4) is 22.8 Å². The Hall–Kier alpha value is -4.56. The van der Waals surface area contributed by atoms with Gasteiger partial charge in [-0.25, -0.2) is 19.2 Å². The maximum atomic E-state index is 14.7. The van der Waals surface area contributed by atoms with Crippen molar-refractivity contribution in [1.82, 2.24) is 29.7 Å². The molecule has 2 unspecified atom stereocenters. The molecule has 1 N–H and O–H groups in total. The van der Waals surface area contributed by atoms with Gasteiger partial charge >= 0.3 is 11.9 Å². The normalized spacial score (nSPS) is 19.8. The molecular weight excluding hydrogens is 618 g/mol. The molecule has 1 saturated carbocycles. The van der Waals surface area contributed by atoms with E-state index in [1.165, 1.54) is 12.3 Å². The number of allylic oxidation sites excluding steroid dienone is 1. The van der Waals surface area contributed by atoms with Gasteiger partial charge < -0.3 is 14.2 Å². The molecule has 2 fully saturated rings. The van der Waals surface area contributed by atoms with Crippen LogP contribution in [0.3, 0.4) is 0 Å². The molecule has 5 heterocycles. The predicted octanol–water partition coefficient (Wildman–Crippen LogP) is 5.87. The van der Waals surface area contributed by atoms with Gasteiger partial charge in [0, 0.05) is 24.5 Å². The number of halogens is 5. The van der Waals surface area contributed by atoms with E-state index in [-0.39, 0.29) is 29.2 Å². The van der Waals surface area contributed by atoms with Crippen molar-refractivity contribution in [1.29, 1.82) is 0 Å². The van der Waals surface area contributed by atoms with Gasteiger partial charge in [-0.3, -0.25) is 14.5 Å². The molecule has 0 bridgehead atoms. The first-order valence-corrected chi connectivity index (χ1v) is 14.4. The Morgan fingerprint density at radius 1 is 1.20 bits per heavy atom. The minimum absolute atomic E-state index is 0.0376. The van der Waals surface area contributed by atoms with Crippen LogP contribution in [0.5, 0.6) is 0 Å². The van der Waals surface area contributed by atoms with E-state index in [9.17, 15) is 22.4 Å². The van der Waals surface area contributed by atoms with E-state index in [1.54, 1.807) is 22.9 Å². The zero-order valence-corrected chi connectivity index (χ0v) is 24.2. The second kappa shape index (κ2) is 10.8. The number of rotatable bonds is 7. The second-order valence-corrected chi connectivity index (χ2v) is 11.6. The first kappa shape index (κ1) is 29.2. The molecule has 4 aromatic heterocycles. The number of anilines is 1. The number of fused-ring (bicyclic) bond motifs is 1. The van der Waals surface area contributed by atoms with Crippen LogP contribution >= 0.6 is 11.6 Å². The summed E-state index contributed by atoms with van der Waals surface area (Å²) in [7, 11) is 0. The zero-order chi connectivity index (χ0) is 31.5. The Kier molecular flexibility index (Phi) is 7.00. The fraction of sp³-hybridized carbons (Fsp3) is 0.300. The fourth-order valence-corrected chi connectivity index (χ4v) is 6.19. The topological polar surface area (TPSA) is 115 Å². The van der Waals surface area contributed by atoms with Crippen molar-refractivity contribution in [2.24, 2.45) is 5.92 Å². The summed E-state index contributed by atoms with van der Waals surface area (Å²) in [5.41, 5.74) is 0.566. The molecule has 1 saturated heterocycles. The van der Waals surface area contributed by atoms with Crippen LogP contribution in [0.25, 0.3) is 33.8 Å². The predicted molar refractivity (Wildman–Crippen MR) is 156 cm³/mol. The lowest BCUT2D eigenvalue weighted by Crippen LogP contribution is -2.46. The highest BCUT2D eigenvalue weighted by molar-refractivity contribution is 6.30. The van der Waals surface area contributed by atoms with Crippen molar-refractivity contribution >= 4 is 28.6 Å². The number of hydrogen-bond acceptors (Lipinski definition) is 8. The number of nitrogens with zero attached hydrogens (tertiary/aromatic N) is 6. The third-order valence-electron chi connectivity index (χ3n) is 8.16. The highest BCUT2D eigenvalue weighted by Crippen LogP contribution is 2.51. The Morgan fingerprint density at radius 2 is 2.04 bits per heavy atom. The van der Waals surface area contributed by atoms with Crippen LogP contribution in [0, 0.1) is 11.7 Å². The first-order valence-electron chi connectivity index (χ1n) is 14.0. The number of ether oxygens (including phenoxy) is 1. The molecule has 10 nitrogen and oxygen atoms in total. The number of alkyl halides is 3. The van der Waals surface area contributed by atoms with Gasteiger partial charge in [0.2, 0.25) is 11.8 Å². The van der Waals surface area contributed by atoms with Gasteiger partial charge in [-0.05, 0) is 48.6 Å². The highest BCUT2D eigenvalue weighted by atomic mass is 35.5. The van der Waals surface area contributed by atoms with Gasteiger partial charge in [0.15, 0.2) is 0 Å². The molecule has 1 aliphatic carbocycles. The van der Waals surface area contributed by atoms with Crippen molar-refractivity contribution in [3.63, 3.8) is 0 Å². The molecule has 1 spiro atoms. The Bertz CT molecular complexity index is 2010. The third kappa shape index (κ3) is 5.37. The maximum Gasteiger partial charge on any atom is 0.439 e. The van der Waals surface area contributed by atoms with Crippen molar-refractivity contribution in [2.45, 2.75) is 31.2 Å². The SMILES string of the molecule is C=CCC1CC12CN(c1nc3cc(-c4noc(=O)[nH]4)nc(-c4cncc(Cl)c4)c3n1Cc1ccc(C(F)(F)F)c(F)c1)CCO2. The van der Waals surface area contributed by atoms with Gasteiger partial charge in [-0.1, -0.05) is 28.9 Å². The standard InChI is InChI=1S/C30H24ClF4N7O3/c1-2-3-18-11-29(18)15-41(6-7-44-29)27-38-22-10-23(26-39-28(43)45-40-26)37-24(17-9-19(31)13-36-12-17)25(22)42(27)14-16-4-5-20(21(32)8-16)30(33,34)35/h2,4-5,8-10,12-13,18H,1,3,6-7,11,14-15H2,(H,39,40,43). The van der Waals surface area contributed by atoms with E-state index in [1.807, 2.05) is 6.08 Å². The molecule has 232 valence electrons. The molecule has 0 amide bonds. The smallest absolute Gasteiger partial charge is 0.371 e. The van der Waals surface area contributed by atoms with Crippen LogP contribution in [-0.2, 0) is 17.5 Å². The quantitative estimate of drug-likeness (QED) is 0.173. The summed E-state index contributed by atoms with van der Waals surface area (Å²) >= 11 is 6.30. The van der Waals surface area contributed by atoms with Crippen LogP contribution in [0.15, 0.2) is 64.7 Å². The maximum absolute atomic E-state index is 14.7. The van der Waals surface area contributed by atoms with Crippen molar-refractivity contribution in [2.75, 3.05) is 24.6 Å². The number of hydrogen-bond donors (Lipinski definition) is 1. The summed E-state index contributed by atoms with van der Waals surface area (Å²) in [6, 6.07) is 6.12. The molecule has 15 heteroatoms. The molecule has 5 aromatic rings. The van der Waals surface area contributed by atoms with E-state index in [0.29, 0.717) is 58.9 Å². The number of morpholine rings is 1. The molecule has 1 aliphatic heterocycles. The fourth-order valence-electron chi connectivity index (χ4n) is 6.01. The number of benzene rings is 1. The van der Waals surface area contributed by atoms with E-state index in [2.05, 4.69) is 26.6 Å². The summed E-state index contributed by atoms with van der Waals surface area (Å²) in [6.07, 6.45) is 1.68. The average molecular weight is 642 g/mol. The molecule has 2 aliphatic rings. The molecule has 45 heavy (non-hydrogen) atoms. The first-order chi connectivity index (χ1) is 21.5. The summed E-state index contributed by atoms with van der Waals surface area (Å²) in [6.45, 7) is 5.24. The van der Waals surface area contributed by atoms with Gasteiger partial charge in [-0.2, -0.15) is 13.2 Å². The monoisotopic (exact) mass is 641 g/mol. The highest BCUT2D eigenvalue weighted by Gasteiger charge is 2.57. The van der Waals surface area contributed by atoms with Gasteiger partial charge in [-0.15, -0.1) is 6.58 Å². The average Bonchev–Trinajstić information content (AvgIpc) is 3.28. The number of imidazole rings is 1. The molecule has 1 aromatic carbocycles. The van der Waals surface area contributed by atoms with E-state index < -0.39 is 23.3 Å². The van der Waals surface area contributed by atoms with Gasteiger partial charge in [0.05, 0.1) is 52.6 Å². The minimum atomic E-state index is -4.83. The summed E-state index contributed by atoms with van der Waals surface area (Å²) in [5.74, 6) is -1.30. The zero-order valence-electron chi connectivity index (χ0n) is 23.4. The van der Waals surface area contributed by atoms with Crippen LogP contribution in [-0.4, -0.2) is 55.0 Å². The number of aromatic amines is 1. The van der Waals surface area contributed by atoms with Gasteiger partial charge in [0.1, 0.15) is 11.5 Å². The van der Waals surface area contributed by atoms with Crippen molar-refractivity contribution < 1.29 is 26.8 Å². The minimum Gasteiger partial charge on any atom is -0.371 e. The second-order valence-electron chi connectivity index (χ2n) is 11.1.